The van der Waals surface area contributed by atoms with Crippen LogP contribution in [0.15, 0.2) is 36.4 Å². The Balaban J connectivity index is 2.27. The van der Waals surface area contributed by atoms with Crippen LogP contribution in [0, 0.1) is 10.1 Å². The predicted molar refractivity (Wildman–Crippen MR) is 94.1 cm³/mol. The van der Waals surface area contributed by atoms with Crippen LogP contribution in [-0.4, -0.2) is 33.0 Å². The average molecular weight is 345 g/mol. The van der Waals surface area contributed by atoms with Crippen molar-refractivity contribution in [3.8, 4) is 17.2 Å². The van der Waals surface area contributed by atoms with E-state index in [2.05, 4.69) is 0 Å². The Bertz CT molecular complexity index is 730. The third kappa shape index (κ3) is 4.71. The first-order chi connectivity index (χ1) is 12.1. The van der Waals surface area contributed by atoms with E-state index in [-0.39, 0.29) is 12.5 Å². The van der Waals surface area contributed by atoms with Crippen LogP contribution in [0.2, 0.25) is 0 Å². The molecule has 0 heterocycles. The van der Waals surface area contributed by atoms with Gasteiger partial charge in [0, 0.05) is 19.2 Å². The van der Waals surface area contributed by atoms with Gasteiger partial charge >= 0.3 is 0 Å². The Hall–Kier alpha value is -3.06. The Labute approximate surface area is 145 Å². The quantitative estimate of drug-likeness (QED) is 0.314. The second-order valence-corrected chi connectivity index (χ2v) is 4.99. The molecule has 7 heteroatoms. The van der Waals surface area contributed by atoms with Crippen molar-refractivity contribution in [2.24, 2.45) is 0 Å². The monoisotopic (exact) mass is 345 g/mol. The van der Waals surface area contributed by atoms with E-state index in [1.165, 1.54) is 33.5 Å². The zero-order chi connectivity index (χ0) is 18.2. The highest BCUT2D eigenvalue weighted by atomic mass is 16.7. The highest BCUT2D eigenvalue weighted by Crippen LogP contribution is 2.39. The number of rotatable bonds is 8. The van der Waals surface area contributed by atoms with Gasteiger partial charge in [0.25, 0.3) is 5.69 Å². The predicted octanol–water partition coefficient (Wildman–Crippen LogP) is 3.77. The van der Waals surface area contributed by atoms with Crippen molar-refractivity contribution < 1.29 is 23.9 Å². The normalized spacial score (nSPS) is 10.7. The lowest BCUT2D eigenvalue weighted by atomic mass is 10.1. The maximum absolute atomic E-state index is 10.7. The summed E-state index contributed by atoms with van der Waals surface area (Å²) in [6.45, 7) is 0.0741. The lowest BCUT2D eigenvalue weighted by Gasteiger charge is -2.14. The lowest BCUT2D eigenvalue weighted by molar-refractivity contribution is -0.384. The summed E-state index contributed by atoms with van der Waals surface area (Å²) in [4.78, 5) is 10.2. The number of nitro benzene ring substituents is 1. The first-order valence-electron chi connectivity index (χ1n) is 7.39. The highest BCUT2D eigenvalue weighted by molar-refractivity contribution is 5.73. The van der Waals surface area contributed by atoms with Gasteiger partial charge in [0.2, 0.25) is 5.75 Å². The SMILES string of the molecule is COCOc1c(OC)cc(/C=C/c2ccc([N+](=O)[O-])cc2)cc1OC. The van der Waals surface area contributed by atoms with Gasteiger partial charge in [-0.1, -0.05) is 12.2 Å². The molecule has 132 valence electrons. The first-order valence-corrected chi connectivity index (χ1v) is 7.39. The smallest absolute Gasteiger partial charge is 0.269 e. The van der Waals surface area contributed by atoms with Crippen LogP contribution in [0.4, 0.5) is 5.69 Å². The number of non-ortho nitro benzene ring substituents is 1. The molecule has 0 saturated heterocycles. The van der Waals surface area contributed by atoms with E-state index in [9.17, 15) is 10.1 Å². The molecule has 0 unspecified atom stereocenters. The fourth-order valence-corrected chi connectivity index (χ4v) is 2.16. The molecular weight excluding hydrogens is 326 g/mol. The van der Waals surface area contributed by atoms with Crippen molar-refractivity contribution in [2.45, 2.75) is 0 Å². The van der Waals surface area contributed by atoms with E-state index in [1.54, 1.807) is 24.3 Å². The number of benzene rings is 2. The van der Waals surface area contributed by atoms with Crippen molar-refractivity contribution in [1.29, 1.82) is 0 Å². The summed E-state index contributed by atoms with van der Waals surface area (Å²) >= 11 is 0. The Morgan fingerprint density at radius 1 is 0.960 bits per heavy atom. The highest BCUT2D eigenvalue weighted by Gasteiger charge is 2.13. The maximum atomic E-state index is 10.7. The third-order valence-electron chi connectivity index (χ3n) is 3.38. The van der Waals surface area contributed by atoms with Crippen LogP contribution in [0.1, 0.15) is 11.1 Å². The van der Waals surface area contributed by atoms with Crippen molar-refractivity contribution >= 4 is 17.8 Å². The minimum absolute atomic E-state index is 0.0557. The van der Waals surface area contributed by atoms with Crippen molar-refractivity contribution in [2.75, 3.05) is 28.1 Å². The van der Waals surface area contributed by atoms with E-state index in [4.69, 9.17) is 18.9 Å². The number of hydrogen-bond acceptors (Lipinski definition) is 6. The minimum atomic E-state index is -0.429. The van der Waals surface area contributed by atoms with Gasteiger partial charge in [-0.25, -0.2) is 0 Å². The molecule has 0 aromatic heterocycles. The van der Waals surface area contributed by atoms with Gasteiger partial charge in [0.15, 0.2) is 18.3 Å². The summed E-state index contributed by atoms with van der Waals surface area (Å²) in [6.07, 6.45) is 3.69. The zero-order valence-corrected chi connectivity index (χ0v) is 14.2. The fourth-order valence-electron chi connectivity index (χ4n) is 2.16. The van der Waals surface area contributed by atoms with E-state index in [0.29, 0.717) is 17.2 Å². The van der Waals surface area contributed by atoms with Gasteiger partial charge < -0.3 is 18.9 Å². The summed E-state index contributed by atoms with van der Waals surface area (Å²) in [5.41, 5.74) is 1.72. The van der Waals surface area contributed by atoms with E-state index >= 15 is 0 Å². The van der Waals surface area contributed by atoms with E-state index in [0.717, 1.165) is 11.1 Å². The van der Waals surface area contributed by atoms with Crippen LogP contribution in [-0.2, 0) is 4.74 Å². The molecular formula is C18H19NO6. The van der Waals surface area contributed by atoms with E-state index in [1.807, 2.05) is 12.2 Å². The molecule has 2 aromatic rings. The second-order valence-electron chi connectivity index (χ2n) is 4.99. The number of ether oxygens (including phenoxy) is 4. The fraction of sp³-hybridized carbons (Fsp3) is 0.222. The van der Waals surface area contributed by atoms with Gasteiger partial charge in [-0.3, -0.25) is 10.1 Å². The third-order valence-corrected chi connectivity index (χ3v) is 3.38. The Morgan fingerprint density at radius 3 is 2.00 bits per heavy atom. The number of hydrogen-bond donors (Lipinski definition) is 0. The lowest BCUT2D eigenvalue weighted by Crippen LogP contribution is -2.03. The summed E-state index contributed by atoms with van der Waals surface area (Å²) < 4.78 is 21.1. The molecule has 0 fully saturated rings. The van der Waals surface area contributed by atoms with Gasteiger partial charge in [0.05, 0.1) is 19.1 Å². The van der Waals surface area contributed by atoms with Gasteiger partial charge in [-0.2, -0.15) is 0 Å². The molecule has 2 rings (SSSR count). The van der Waals surface area contributed by atoms with Crippen molar-refractivity contribution in [3.05, 3.63) is 57.6 Å². The summed E-state index contributed by atoms with van der Waals surface area (Å²) in [7, 11) is 4.61. The van der Waals surface area contributed by atoms with Crippen LogP contribution in [0.3, 0.4) is 0 Å². The molecule has 0 radical (unpaired) electrons. The molecule has 0 aliphatic carbocycles. The maximum Gasteiger partial charge on any atom is 0.269 e. The standard InChI is InChI=1S/C18H19NO6/c1-22-12-25-18-16(23-2)10-14(11-17(18)24-3)5-4-13-6-8-15(9-7-13)19(20)21/h4-11H,12H2,1-3H3/b5-4+. The largest absolute Gasteiger partial charge is 0.493 e. The summed E-state index contributed by atoms with van der Waals surface area (Å²) in [6, 6.07) is 9.88. The zero-order valence-electron chi connectivity index (χ0n) is 14.2. The van der Waals surface area contributed by atoms with Crippen molar-refractivity contribution in [1.82, 2.24) is 0 Å². The molecule has 0 saturated carbocycles. The average Bonchev–Trinajstić information content (AvgIpc) is 2.64. The molecule has 0 aliphatic rings. The topological polar surface area (TPSA) is 80.1 Å². The van der Waals surface area contributed by atoms with Gasteiger partial charge in [-0.15, -0.1) is 0 Å². The Kier molecular flexibility index (Phi) is 6.36. The number of nitrogens with zero attached hydrogens (tertiary/aromatic N) is 1. The van der Waals surface area contributed by atoms with Gasteiger partial charge in [-0.05, 0) is 35.4 Å². The number of methoxy groups -OCH3 is 3. The molecule has 0 bridgehead atoms. The Morgan fingerprint density at radius 2 is 1.52 bits per heavy atom. The molecule has 0 spiro atoms. The molecule has 25 heavy (non-hydrogen) atoms. The number of nitro groups is 1. The summed E-state index contributed by atoms with van der Waals surface area (Å²) in [5, 5.41) is 10.7. The summed E-state index contributed by atoms with van der Waals surface area (Å²) in [5.74, 6) is 1.49. The second kappa shape index (κ2) is 8.70. The van der Waals surface area contributed by atoms with Crippen LogP contribution in [0.25, 0.3) is 12.2 Å². The first kappa shape index (κ1) is 18.3. The molecule has 2 aromatic carbocycles. The van der Waals surface area contributed by atoms with Crippen LogP contribution in [0.5, 0.6) is 17.2 Å². The molecule has 0 atom stereocenters. The van der Waals surface area contributed by atoms with Crippen LogP contribution < -0.4 is 14.2 Å². The molecule has 0 aliphatic heterocycles. The molecule has 0 amide bonds. The van der Waals surface area contributed by atoms with Crippen LogP contribution >= 0.6 is 0 Å². The minimum Gasteiger partial charge on any atom is -0.493 e. The molecule has 0 N–H and O–H groups in total. The van der Waals surface area contributed by atoms with Gasteiger partial charge in [0.1, 0.15) is 0 Å². The van der Waals surface area contributed by atoms with Crippen molar-refractivity contribution in [3.63, 3.8) is 0 Å². The molecule has 7 nitrogen and oxygen atoms in total. The van der Waals surface area contributed by atoms with E-state index < -0.39 is 4.92 Å².